The summed E-state index contributed by atoms with van der Waals surface area (Å²) in [5.74, 6) is 0.503. The van der Waals surface area contributed by atoms with Gasteiger partial charge in [-0.2, -0.15) is 0 Å². The number of hydrogen-bond donors (Lipinski definition) is 2. The number of benzene rings is 1. The fourth-order valence-electron chi connectivity index (χ4n) is 3.03. The first-order chi connectivity index (χ1) is 10.5. The molecule has 0 spiro atoms. The molecule has 0 atom stereocenters. The molecule has 22 heavy (non-hydrogen) atoms. The van der Waals surface area contributed by atoms with E-state index < -0.39 is 0 Å². The molecule has 0 unspecified atom stereocenters. The van der Waals surface area contributed by atoms with Crippen LogP contribution in [0.15, 0.2) is 18.2 Å². The molecule has 1 aliphatic heterocycles. The Hall–Kier alpha value is -1.79. The molecule has 2 aromatic rings. The number of rotatable bonds is 4. The third kappa shape index (κ3) is 2.89. The maximum atomic E-state index is 9.00. The molecule has 1 fully saturated rings. The van der Waals surface area contributed by atoms with Gasteiger partial charge in [0, 0.05) is 31.9 Å². The Balaban J connectivity index is 1.90. The number of nitrogens with zero attached hydrogens (tertiary/aromatic N) is 3. The molecule has 1 saturated heterocycles. The Morgan fingerprint density at radius 3 is 2.95 bits per heavy atom. The minimum Gasteiger partial charge on any atom is -0.396 e. The normalized spacial score (nSPS) is 18.0. The van der Waals surface area contributed by atoms with E-state index >= 15 is 0 Å². The number of aliphatic hydroxyl groups excluding tert-OH is 1. The average Bonchev–Trinajstić information content (AvgIpc) is 2.78. The lowest BCUT2D eigenvalue weighted by atomic mass is 10.1. The molecule has 3 rings (SSSR count). The zero-order chi connectivity index (χ0) is 15.7. The van der Waals surface area contributed by atoms with Crippen LogP contribution in [0, 0.1) is 0 Å². The van der Waals surface area contributed by atoms with Crippen LogP contribution in [0.4, 0.5) is 11.6 Å². The zero-order valence-corrected chi connectivity index (χ0v) is 13.2. The first-order valence-corrected chi connectivity index (χ1v) is 7.76. The molecule has 6 heteroatoms. The number of morpholine rings is 1. The van der Waals surface area contributed by atoms with Gasteiger partial charge in [-0.3, -0.25) is 0 Å². The van der Waals surface area contributed by atoms with E-state index in [4.69, 9.17) is 15.6 Å². The van der Waals surface area contributed by atoms with Crippen LogP contribution in [0.1, 0.15) is 20.3 Å². The van der Waals surface area contributed by atoms with Crippen molar-refractivity contribution in [3.05, 3.63) is 18.2 Å². The molecule has 3 N–H and O–H groups in total. The van der Waals surface area contributed by atoms with Crippen LogP contribution in [0.2, 0.25) is 0 Å². The summed E-state index contributed by atoms with van der Waals surface area (Å²) in [6, 6.07) is 6.26. The molecular weight excluding hydrogens is 280 g/mol. The minimum absolute atomic E-state index is 0.132. The lowest BCUT2D eigenvalue weighted by Crippen LogP contribution is -2.48. The largest absolute Gasteiger partial charge is 0.396 e. The van der Waals surface area contributed by atoms with Crippen molar-refractivity contribution in [1.29, 1.82) is 0 Å². The van der Waals surface area contributed by atoms with Gasteiger partial charge in [-0.05, 0) is 38.5 Å². The SMILES string of the molecule is CC1(C)CN(c2ccc3c(c2)nc(N)n3CCCO)CCO1. The number of aromatic nitrogens is 2. The third-order valence-electron chi connectivity index (χ3n) is 4.09. The van der Waals surface area contributed by atoms with Gasteiger partial charge in [-0.15, -0.1) is 0 Å². The van der Waals surface area contributed by atoms with Gasteiger partial charge in [0.1, 0.15) is 0 Å². The number of aliphatic hydroxyl groups is 1. The van der Waals surface area contributed by atoms with Crippen LogP contribution < -0.4 is 10.6 Å². The summed E-state index contributed by atoms with van der Waals surface area (Å²) in [6.45, 7) is 7.54. The quantitative estimate of drug-likeness (QED) is 0.897. The van der Waals surface area contributed by atoms with Gasteiger partial charge in [0.25, 0.3) is 0 Å². The first kappa shape index (κ1) is 15.1. The van der Waals surface area contributed by atoms with Crippen molar-refractivity contribution in [2.75, 3.05) is 36.9 Å². The van der Waals surface area contributed by atoms with E-state index in [2.05, 4.69) is 41.9 Å². The number of ether oxygens (including phenoxy) is 1. The Morgan fingerprint density at radius 1 is 1.41 bits per heavy atom. The summed E-state index contributed by atoms with van der Waals surface area (Å²) in [5.41, 5.74) is 8.94. The second-order valence-electron chi connectivity index (χ2n) is 6.40. The predicted octanol–water partition coefficient (Wildman–Crippen LogP) is 1.62. The Morgan fingerprint density at radius 2 is 2.23 bits per heavy atom. The summed E-state index contributed by atoms with van der Waals surface area (Å²) in [6.07, 6.45) is 0.676. The monoisotopic (exact) mass is 304 g/mol. The van der Waals surface area contributed by atoms with Gasteiger partial charge in [-0.25, -0.2) is 4.98 Å². The molecular formula is C16H24N4O2. The topological polar surface area (TPSA) is 76.5 Å². The van der Waals surface area contributed by atoms with Gasteiger partial charge < -0.3 is 25.0 Å². The predicted molar refractivity (Wildman–Crippen MR) is 88.1 cm³/mol. The fraction of sp³-hybridized carbons (Fsp3) is 0.562. The number of fused-ring (bicyclic) bond motifs is 1. The Kier molecular flexibility index (Phi) is 3.97. The van der Waals surface area contributed by atoms with E-state index in [1.807, 2.05) is 4.57 Å². The molecule has 1 aromatic heterocycles. The highest BCUT2D eigenvalue weighted by molar-refractivity contribution is 5.82. The number of nitrogens with two attached hydrogens (primary N) is 1. The van der Waals surface area contributed by atoms with Gasteiger partial charge >= 0.3 is 0 Å². The van der Waals surface area contributed by atoms with Crippen molar-refractivity contribution in [2.24, 2.45) is 0 Å². The van der Waals surface area contributed by atoms with Crippen LogP contribution >= 0.6 is 0 Å². The number of imidazole rings is 1. The molecule has 0 radical (unpaired) electrons. The van der Waals surface area contributed by atoms with Crippen LogP contribution in [0.25, 0.3) is 11.0 Å². The van der Waals surface area contributed by atoms with Crippen molar-refractivity contribution in [2.45, 2.75) is 32.4 Å². The second kappa shape index (κ2) is 5.78. The fourth-order valence-corrected chi connectivity index (χ4v) is 3.03. The van der Waals surface area contributed by atoms with E-state index in [-0.39, 0.29) is 12.2 Å². The third-order valence-corrected chi connectivity index (χ3v) is 4.09. The Bertz CT molecular complexity index is 665. The smallest absolute Gasteiger partial charge is 0.201 e. The van der Waals surface area contributed by atoms with Gasteiger partial charge in [0.2, 0.25) is 5.95 Å². The van der Waals surface area contributed by atoms with Gasteiger partial charge in [0.05, 0.1) is 23.2 Å². The summed E-state index contributed by atoms with van der Waals surface area (Å²) >= 11 is 0. The van der Waals surface area contributed by atoms with Gasteiger partial charge in [0.15, 0.2) is 0 Å². The number of aryl methyl sites for hydroxylation is 1. The Labute approximate surface area is 130 Å². The highest BCUT2D eigenvalue weighted by atomic mass is 16.5. The second-order valence-corrected chi connectivity index (χ2v) is 6.40. The van der Waals surface area contributed by atoms with Crippen LogP contribution in [-0.2, 0) is 11.3 Å². The average molecular weight is 304 g/mol. The van der Waals surface area contributed by atoms with E-state index in [1.54, 1.807) is 0 Å². The summed E-state index contributed by atoms with van der Waals surface area (Å²) in [4.78, 5) is 6.78. The zero-order valence-electron chi connectivity index (χ0n) is 13.2. The molecule has 2 heterocycles. The van der Waals surface area contributed by atoms with Crippen LogP contribution in [0.3, 0.4) is 0 Å². The van der Waals surface area contributed by atoms with Crippen molar-refractivity contribution >= 4 is 22.7 Å². The maximum Gasteiger partial charge on any atom is 0.201 e. The van der Waals surface area contributed by atoms with E-state index in [1.165, 1.54) is 0 Å². The molecule has 120 valence electrons. The van der Waals surface area contributed by atoms with Gasteiger partial charge in [-0.1, -0.05) is 0 Å². The molecule has 1 aliphatic rings. The molecule has 1 aromatic carbocycles. The summed E-state index contributed by atoms with van der Waals surface area (Å²) in [7, 11) is 0. The number of hydrogen-bond acceptors (Lipinski definition) is 5. The summed E-state index contributed by atoms with van der Waals surface area (Å²) < 4.78 is 7.72. The van der Waals surface area contributed by atoms with E-state index in [0.717, 1.165) is 36.4 Å². The molecule has 0 saturated carbocycles. The molecule has 6 nitrogen and oxygen atoms in total. The number of nitrogen functional groups attached to an aromatic ring is 1. The standard InChI is InChI=1S/C16H24N4O2/c1-16(2)11-19(7-9-22-16)12-4-5-14-13(10-12)18-15(17)20(14)6-3-8-21/h4-5,10,21H,3,6-9,11H2,1-2H3,(H2,17,18). The van der Waals surface area contributed by atoms with Crippen molar-refractivity contribution < 1.29 is 9.84 Å². The highest BCUT2D eigenvalue weighted by Crippen LogP contribution is 2.27. The minimum atomic E-state index is -0.132. The van der Waals surface area contributed by atoms with E-state index in [0.29, 0.717) is 18.9 Å². The first-order valence-electron chi connectivity index (χ1n) is 7.76. The van der Waals surface area contributed by atoms with Crippen molar-refractivity contribution in [1.82, 2.24) is 9.55 Å². The summed E-state index contributed by atoms with van der Waals surface area (Å²) in [5, 5.41) is 9.00. The van der Waals surface area contributed by atoms with Crippen molar-refractivity contribution in [3.63, 3.8) is 0 Å². The highest BCUT2D eigenvalue weighted by Gasteiger charge is 2.27. The van der Waals surface area contributed by atoms with Crippen LogP contribution in [0.5, 0.6) is 0 Å². The molecule has 0 amide bonds. The van der Waals surface area contributed by atoms with Crippen molar-refractivity contribution in [3.8, 4) is 0 Å². The molecule has 0 bridgehead atoms. The van der Waals surface area contributed by atoms with E-state index in [9.17, 15) is 0 Å². The molecule has 0 aliphatic carbocycles. The van der Waals surface area contributed by atoms with Crippen LogP contribution in [-0.4, -0.2) is 46.6 Å². The lowest BCUT2D eigenvalue weighted by molar-refractivity contribution is -0.0276. The number of anilines is 2. The maximum absolute atomic E-state index is 9.00. The lowest BCUT2D eigenvalue weighted by Gasteiger charge is -2.39.